The van der Waals surface area contributed by atoms with Gasteiger partial charge in [-0.25, -0.2) is 0 Å². The maximum absolute atomic E-state index is 13.8. The first-order valence-electron chi connectivity index (χ1n) is 15.4. The molecule has 1 atom stereocenters. The van der Waals surface area contributed by atoms with Crippen LogP contribution in [0, 0.1) is 5.41 Å². The number of aromatic nitrogens is 1. The molecule has 9 heteroatoms. The van der Waals surface area contributed by atoms with Gasteiger partial charge in [0.05, 0.1) is 11.7 Å². The molecule has 47 heavy (non-hydrogen) atoms. The molecule has 4 N–H and O–H groups in total. The van der Waals surface area contributed by atoms with E-state index in [-0.39, 0.29) is 17.9 Å². The van der Waals surface area contributed by atoms with Gasteiger partial charge in [-0.3, -0.25) is 14.1 Å². The fourth-order valence-corrected chi connectivity index (χ4v) is 5.52. The van der Waals surface area contributed by atoms with Gasteiger partial charge in [0, 0.05) is 34.4 Å². The lowest BCUT2D eigenvalue weighted by atomic mass is 9.89. The van der Waals surface area contributed by atoms with E-state index in [4.69, 9.17) is 4.55 Å². The molecule has 0 saturated heterocycles. The minimum atomic E-state index is -4.17. The molecule has 0 aliphatic carbocycles. The van der Waals surface area contributed by atoms with Gasteiger partial charge in [0.2, 0.25) is 5.91 Å². The van der Waals surface area contributed by atoms with E-state index in [0.29, 0.717) is 17.7 Å². The summed E-state index contributed by atoms with van der Waals surface area (Å²) in [7, 11) is -4.17. The zero-order chi connectivity index (χ0) is 33.6. The average Bonchev–Trinajstić information content (AvgIpc) is 3.47. The van der Waals surface area contributed by atoms with Crippen molar-refractivity contribution in [3.63, 3.8) is 0 Å². The number of aromatic amines is 1. The van der Waals surface area contributed by atoms with Gasteiger partial charge in [-0.05, 0) is 70.5 Å². The summed E-state index contributed by atoms with van der Waals surface area (Å²) in [6, 6.07) is 32.8. The molecule has 8 nitrogen and oxygen atoms in total. The summed E-state index contributed by atoms with van der Waals surface area (Å²) in [5.74, 6) is -1.69. The van der Waals surface area contributed by atoms with Gasteiger partial charge < -0.3 is 15.6 Å². The Morgan fingerprint density at radius 1 is 0.894 bits per heavy atom. The number of carbonyl (C=O) groups excluding carboxylic acids is 2. The first-order valence-corrected chi connectivity index (χ1v) is 17.0. The predicted molar refractivity (Wildman–Crippen MR) is 189 cm³/mol. The third kappa shape index (κ3) is 9.51. The Hall–Kier alpha value is -4.99. The minimum absolute atomic E-state index is 0.0462. The Kier molecular flexibility index (Phi) is 10.1. The Bertz CT molecular complexity index is 1960. The second kappa shape index (κ2) is 14.2. The summed E-state index contributed by atoms with van der Waals surface area (Å²) in [4.78, 5) is 29.7. The Balaban J connectivity index is 1.33. The van der Waals surface area contributed by atoms with Crippen LogP contribution in [0.4, 0.5) is 5.69 Å². The highest BCUT2D eigenvalue weighted by Crippen LogP contribution is 2.28. The minimum Gasteiger partial charge on any atom is -0.355 e. The van der Waals surface area contributed by atoms with Crippen LogP contribution in [0.5, 0.6) is 0 Å². The monoisotopic (exact) mass is 649 g/mol. The van der Waals surface area contributed by atoms with Gasteiger partial charge in [-0.15, -0.1) is 0 Å². The molecule has 0 aliphatic heterocycles. The normalized spacial score (nSPS) is 12.7. The van der Waals surface area contributed by atoms with Crippen LogP contribution >= 0.6 is 0 Å². The van der Waals surface area contributed by atoms with Crippen molar-refractivity contribution in [3.05, 3.63) is 131 Å². The van der Waals surface area contributed by atoms with E-state index in [1.54, 1.807) is 24.3 Å². The second-order valence-corrected chi connectivity index (χ2v) is 14.3. The quantitative estimate of drug-likeness (QED) is 0.110. The number of para-hydroxylation sites is 1. The Morgan fingerprint density at radius 3 is 2.21 bits per heavy atom. The van der Waals surface area contributed by atoms with Gasteiger partial charge in [-0.1, -0.05) is 99.7 Å². The molecule has 4 aromatic carbocycles. The number of hydrogen-bond donors (Lipinski definition) is 4. The van der Waals surface area contributed by atoms with E-state index in [2.05, 4.69) is 60.7 Å². The summed E-state index contributed by atoms with van der Waals surface area (Å²) in [6.07, 6.45) is 4.61. The van der Waals surface area contributed by atoms with Gasteiger partial charge in [-0.2, -0.15) is 8.42 Å². The molecule has 5 rings (SSSR count). The van der Waals surface area contributed by atoms with E-state index >= 15 is 0 Å². The number of fused-ring (bicyclic) bond motifs is 1. The summed E-state index contributed by atoms with van der Waals surface area (Å²) < 4.78 is 30.8. The maximum Gasteiger partial charge on any atom is 0.266 e. The highest BCUT2D eigenvalue weighted by molar-refractivity contribution is 7.85. The van der Waals surface area contributed by atoms with Crippen molar-refractivity contribution in [2.24, 2.45) is 5.41 Å². The SMILES string of the molecule is CC(C)(C)/C=C/c1ccc(C(Cc2ccc(C(=O)NCCS(=O)(=O)O)cc2)C(=O)Nc2ccc(-c3cc4ccccc4[nH]3)cc2)cc1. The van der Waals surface area contributed by atoms with Crippen molar-refractivity contribution in [2.45, 2.75) is 33.1 Å². The van der Waals surface area contributed by atoms with Crippen LogP contribution in [-0.2, 0) is 21.3 Å². The van der Waals surface area contributed by atoms with Crippen molar-refractivity contribution in [3.8, 4) is 11.3 Å². The Morgan fingerprint density at radius 2 is 1.57 bits per heavy atom. The highest BCUT2D eigenvalue weighted by atomic mass is 32.2. The van der Waals surface area contributed by atoms with Crippen molar-refractivity contribution >= 4 is 44.6 Å². The van der Waals surface area contributed by atoms with Crippen LogP contribution in [0.25, 0.3) is 28.2 Å². The van der Waals surface area contributed by atoms with E-state index in [9.17, 15) is 18.0 Å². The molecule has 1 unspecified atom stereocenters. The number of amides is 2. The standard InChI is InChI=1S/C38H39N3O5S/c1-38(2,3)21-20-26-8-12-28(13-9-26)33(24-27-10-14-30(15-11-27)36(42)39-22-23-47(44,45)46)37(43)40-32-18-16-29(17-19-32)35-25-31-6-4-5-7-34(31)41-35/h4-21,25,33,41H,22-24H2,1-3H3,(H,39,42)(H,40,43)(H,44,45,46)/b21-20+. The molecule has 0 radical (unpaired) electrons. The molecule has 1 heterocycles. The molecule has 5 aromatic rings. The maximum atomic E-state index is 13.8. The highest BCUT2D eigenvalue weighted by Gasteiger charge is 2.22. The number of hydrogen-bond acceptors (Lipinski definition) is 4. The van der Waals surface area contributed by atoms with E-state index in [0.717, 1.165) is 38.9 Å². The lowest BCUT2D eigenvalue weighted by Crippen LogP contribution is -2.28. The predicted octanol–water partition coefficient (Wildman–Crippen LogP) is 7.48. The zero-order valence-electron chi connectivity index (χ0n) is 26.7. The van der Waals surface area contributed by atoms with E-state index < -0.39 is 27.7 Å². The van der Waals surface area contributed by atoms with E-state index in [1.807, 2.05) is 66.7 Å². The largest absolute Gasteiger partial charge is 0.355 e. The average molecular weight is 650 g/mol. The van der Waals surface area contributed by atoms with Gasteiger partial charge in [0.1, 0.15) is 0 Å². The summed E-state index contributed by atoms with van der Waals surface area (Å²) >= 11 is 0. The number of benzene rings is 4. The molecule has 1 aromatic heterocycles. The van der Waals surface area contributed by atoms with Gasteiger partial charge in [0.15, 0.2) is 0 Å². The summed E-state index contributed by atoms with van der Waals surface area (Å²) in [5.41, 5.74) is 6.90. The lowest BCUT2D eigenvalue weighted by Gasteiger charge is -2.18. The first kappa shape index (κ1) is 33.4. The Labute approximate surface area is 275 Å². The van der Waals surface area contributed by atoms with E-state index in [1.165, 1.54) is 0 Å². The molecule has 0 aliphatic rings. The molecule has 0 fully saturated rings. The number of allylic oxidation sites excluding steroid dienone is 1. The topological polar surface area (TPSA) is 128 Å². The van der Waals surface area contributed by atoms with Crippen molar-refractivity contribution in [2.75, 3.05) is 17.6 Å². The van der Waals surface area contributed by atoms with Crippen LogP contribution in [-0.4, -0.2) is 42.1 Å². The second-order valence-electron chi connectivity index (χ2n) is 12.7. The smallest absolute Gasteiger partial charge is 0.266 e. The number of rotatable bonds is 11. The molecule has 0 spiro atoms. The zero-order valence-corrected chi connectivity index (χ0v) is 27.5. The first-order chi connectivity index (χ1) is 22.3. The molecule has 0 saturated carbocycles. The number of carbonyl (C=O) groups is 2. The van der Waals surface area contributed by atoms with Crippen molar-refractivity contribution < 1.29 is 22.6 Å². The third-order valence-electron chi connectivity index (χ3n) is 7.73. The number of nitrogens with one attached hydrogen (secondary N) is 3. The molecule has 0 bridgehead atoms. The number of H-pyrrole nitrogens is 1. The van der Waals surface area contributed by atoms with Crippen LogP contribution < -0.4 is 10.6 Å². The molecule has 2 amide bonds. The fourth-order valence-electron chi connectivity index (χ4n) is 5.16. The van der Waals surface area contributed by atoms with Crippen molar-refractivity contribution in [1.82, 2.24) is 10.3 Å². The van der Waals surface area contributed by atoms with Crippen LogP contribution in [0.15, 0.2) is 109 Å². The van der Waals surface area contributed by atoms with Gasteiger partial charge in [0.25, 0.3) is 16.0 Å². The number of anilines is 1. The van der Waals surface area contributed by atoms with Crippen LogP contribution in [0.1, 0.15) is 53.7 Å². The van der Waals surface area contributed by atoms with Crippen molar-refractivity contribution in [1.29, 1.82) is 0 Å². The summed E-state index contributed by atoms with van der Waals surface area (Å²) in [6.45, 7) is 6.21. The fraction of sp³-hybridized carbons (Fsp3) is 0.211. The van der Waals surface area contributed by atoms with Crippen LogP contribution in [0.2, 0.25) is 0 Å². The summed E-state index contributed by atoms with van der Waals surface area (Å²) in [5, 5.41) is 6.71. The lowest BCUT2D eigenvalue weighted by molar-refractivity contribution is -0.117. The van der Waals surface area contributed by atoms with Crippen LogP contribution in [0.3, 0.4) is 0 Å². The molecular formula is C38H39N3O5S. The molecule has 242 valence electrons. The third-order valence-corrected chi connectivity index (χ3v) is 8.45. The van der Waals surface area contributed by atoms with Gasteiger partial charge >= 0.3 is 0 Å². The molecular weight excluding hydrogens is 611 g/mol.